The molecule has 0 aliphatic rings. The second kappa shape index (κ2) is 4.81. The van der Waals surface area contributed by atoms with Crippen LogP contribution in [0, 0.1) is 6.92 Å². The first kappa shape index (κ1) is 10.7. The minimum atomic E-state index is 0.0328. The zero-order valence-electron chi connectivity index (χ0n) is 9.18. The van der Waals surface area contributed by atoms with Gasteiger partial charge in [0.1, 0.15) is 11.5 Å². The van der Waals surface area contributed by atoms with E-state index in [1.807, 2.05) is 55.5 Å². The number of ether oxygens (including phenoxy) is 1. The largest absolute Gasteiger partial charge is 0.457 e. The summed E-state index contributed by atoms with van der Waals surface area (Å²) in [6.07, 6.45) is 0. The Balaban J connectivity index is 2.16. The Morgan fingerprint density at radius 2 is 1.75 bits per heavy atom. The van der Waals surface area contributed by atoms with E-state index in [-0.39, 0.29) is 6.61 Å². The zero-order chi connectivity index (χ0) is 11.4. The summed E-state index contributed by atoms with van der Waals surface area (Å²) in [5.41, 5.74) is 2.06. The van der Waals surface area contributed by atoms with Crippen LogP contribution in [0.4, 0.5) is 0 Å². The van der Waals surface area contributed by atoms with E-state index < -0.39 is 0 Å². The summed E-state index contributed by atoms with van der Waals surface area (Å²) < 4.78 is 5.66. The summed E-state index contributed by atoms with van der Waals surface area (Å²) >= 11 is 0. The van der Waals surface area contributed by atoms with Crippen LogP contribution in [0.15, 0.2) is 48.5 Å². The third kappa shape index (κ3) is 2.61. The van der Waals surface area contributed by atoms with Crippen LogP contribution in [0.3, 0.4) is 0 Å². The number of aryl methyl sites for hydroxylation is 1. The topological polar surface area (TPSA) is 29.5 Å². The molecule has 0 aromatic heterocycles. The maximum atomic E-state index is 9.01. The second-order valence-electron chi connectivity index (χ2n) is 3.72. The SMILES string of the molecule is Cc1ccc(Oc2cccc(CO)c2)cc1. The minimum Gasteiger partial charge on any atom is -0.457 e. The van der Waals surface area contributed by atoms with Crippen molar-refractivity contribution in [2.75, 3.05) is 0 Å². The first-order chi connectivity index (χ1) is 7.78. The highest BCUT2D eigenvalue weighted by Crippen LogP contribution is 2.22. The van der Waals surface area contributed by atoms with Crippen LogP contribution in [0.2, 0.25) is 0 Å². The molecule has 0 atom stereocenters. The van der Waals surface area contributed by atoms with Crippen LogP contribution in [-0.4, -0.2) is 5.11 Å². The molecule has 0 radical (unpaired) electrons. The van der Waals surface area contributed by atoms with Gasteiger partial charge < -0.3 is 9.84 Å². The molecule has 0 amide bonds. The van der Waals surface area contributed by atoms with Gasteiger partial charge in [0.2, 0.25) is 0 Å². The molecule has 0 aliphatic carbocycles. The van der Waals surface area contributed by atoms with Crippen LogP contribution < -0.4 is 4.74 Å². The Bertz CT molecular complexity index is 460. The Morgan fingerprint density at radius 3 is 2.44 bits per heavy atom. The summed E-state index contributed by atoms with van der Waals surface area (Å²) in [7, 11) is 0. The highest BCUT2D eigenvalue weighted by Gasteiger charge is 1.98. The molecule has 0 fully saturated rings. The molecule has 1 N–H and O–H groups in total. The third-order valence-corrected chi connectivity index (χ3v) is 2.34. The lowest BCUT2D eigenvalue weighted by molar-refractivity contribution is 0.281. The molecule has 0 saturated carbocycles. The molecule has 2 aromatic carbocycles. The van der Waals surface area contributed by atoms with E-state index in [2.05, 4.69) is 0 Å². The maximum absolute atomic E-state index is 9.01. The van der Waals surface area contributed by atoms with Gasteiger partial charge >= 0.3 is 0 Å². The molecule has 82 valence electrons. The lowest BCUT2D eigenvalue weighted by atomic mass is 10.2. The van der Waals surface area contributed by atoms with Crippen molar-refractivity contribution < 1.29 is 9.84 Å². The fourth-order valence-electron chi connectivity index (χ4n) is 1.45. The molecule has 2 heteroatoms. The number of hydrogen-bond acceptors (Lipinski definition) is 2. The van der Waals surface area contributed by atoms with E-state index in [1.165, 1.54) is 5.56 Å². The van der Waals surface area contributed by atoms with Gasteiger partial charge in [-0.2, -0.15) is 0 Å². The predicted octanol–water partition coefficient (Wildman–Crippen LogP) is 3.28. The van der Waals surface area contributed by atoms with Crippen LogP contribution in [-0.2, 0) is 6.61 Å². The van der Waals surface area contributed by atoms with Gasteiger partial charge in [0.25, 0.3) is 0 Å². The molecule has 16 heavy (non-hydrogen) atoms. The zero-order valence-corrected chi connectivity index (χ0v) is 9.18. The molecule has 2 nitrogen and oxygen atoms in total. The standard InChI is InChI=1S/C14H14O2/c1-11-5-7-13(8-6-11)16-14-4-2-3-12(9-14)10-15/h2-9,15H,10H2,1H3. The Hall–Kier alpha value is -1.80. The molecule has 2 aromatic rings. The van der Waals surface area contributed by atoms with Crippen LogP contribution >= 0.6 is 0 Å². The van der Waals surface area contributed by atoms with E-state index in [0.717, 1.165) is 17.1 Å². The smallest absolute Gasteiger partial charge is 0.127 e. The van der Waals surface area contributed by atoms with E-state index in [9.17, 15) is 0 Å². The van der Waals surface area contributed by atoms with Crippen molar-refractivity contribution in [3.63, 3.8) is 0 Å². The second-order valence-corrected chi connectivity index (χ2v) is 3.72. The third-order valence-electron chi connectivity index (χ3n) is 2.34. The normalized spacial score (nSPS) is 10.1. The van der Waals surface area contributed by atoms with Gasteiger partial charge in [0.05, 0.1) is 6.61 Å². The van der Waals surface area contributed by atoms with Gasteiger partial charge in [-0.3, -0.25) is 0 Å². The number of aliphatic hydroxyl groups excluding tert-OH is 1. The van der Waals surface area contributed by atoms with Crippen molar-refractivity contribution in [2.45, 2.75) is 13.5 Å². The fraction of sp³-hybridized carbons (Fsp3) is 0.143. The summed E-state index contributed by atoms with van der Waals surface area (Å²) in [6, 6.07) is 15.3. The average Bonchev–Trinajstić information content (AvgIpc) is 2.32. The van der Waals surface area contributed by atoms with Crippen LogP contribution in [0.1, 0.15) is 11.1 Å². The van der Waals surface area contributed by atoms with Crippen LogP contribution in [0.25, 0.3) is 0 Å². The van der Waals surface area contributed by atoms with Crippen molar-refractivity contribution in [3.05, 3.63) is 59.7 Å². The molecule has 0 spiro atoms. The van der Waals surface area contributed by atoms with Gasteiger partial charge in [-0.15, -0.1) is 0 Å². The predicted molar refractivity (Wildman–Crippen MR) is 63.6 cm³/mol. The van der Waals surface area contributed by atoms with Crippen molar-refractivity contribution in [3.8, 4) is 11.5 Å². The number of aliphatic hydroxyl groups is 1. The molecule has 0 saturated heterocycles. The lowest BCUT2D eigenvalue weighted by Gasteiger charge is -2.06. The average molecular weight is 214 g/mol. The highest BCUT2D eigenvalue weighted by molar-refractivity contribution is 5.34. The minimum absolute atomic E-state index is 0.0328. The Labute approximate surface area is 95.1 Å². The van der Waals surface area contributed by atoms with E-state index in [0.29, 0.717) is 0 Å². The first-order valence-corrected chi connectivity index (χ1v) is 5.22. The lowest BCUT2D eigenvalue weighted by Crippen LogP contribution is -1.87. The van der Waals surface area contributed by atoms with Crippen molar-refractivity contribution in [1.29, 1.82) is 0 Å². The molecule has 2 rings (SSSR count). The molecule has 0 bridgehead atoms. The number of rotatable bonds is 3. The van der Waals surface area contributed by atoms with E-state index in [1.54, 1.807) is 0 Å². The van der Waals surface area contributed by atoms with Gasteiger partial charge in [-0.1, -0.05) is 29.8 Å². The quantitative estimate of drug-likeness (QED) is 0.849. The summed E-state index contributed by atoms with van der Waals surface area (Å²) in [6.45, 7) is 2.07. The van der Waals surface area contributed by atoms with E-state index in [4.69, 9.17) is 9.84 Å². The molecule has 0 unspecified atom stereocenters. The molecule has 0 aliphatic heterocycles. The van der Waals surface area contributed by atoms with Gasteiger partial charge in [-0.25, -0.2) is 0 Å². The number of hydrogen-bond donors (Lipinski definition) is 1. The Morgan fingerprint density at radius 1 is 1.00 bits per heavy atom. The number of benzene rings is 2. The van der Waals surface area contributed by atoms with Crippen LogP contribution in [0.5, 0.6) is 11.5 Å². The molecular formula is C14H14O2. The fourth-order valence-corrected chi connectivity index (χ4v) is 1.45. The van der Waals surface area contributed by atoms with Gasteiger partial charge in [0, 0.05) is 0 Å². The highest BCUT2D eigenvalue weighted by atomic mass is 16.5. The summed E-state index contributed by atoms with van der Waals surface area (Å²) in [5, 5.41) is 9.01. The molecular weight excluding hydrogens is 200 g/mol. The van der Waals surface area contributed by atoms with Crippen molar-refractivity contribution in [1.82, 2.24) is 0 Å². The van der Waals surface area contributed by atoms with Crippen molar-refractivity contribution in [2.24, 2.45) is 0 Å². The molecule has 0 heterocycles. The summed E-state index contributed by atoms with van der Waals surface area (Å²) in [4.78, 5) is 0. The maximum Gasteiger partial charge on any atom is 0.127 e. The first-order valence-electron chi connectivity index (χ1n) is 5.22. The van der Waals surface area contributed by atoms with E-state index >= 15 is 0 Å². The monoisotopic (exact) mass is 214 g/mol. The summed E-state index contributed by atoms with van der Waals surface area (Å²) in [5.74, 6) is 1.55. The Kier molecular flexibility index (Phi) is 3.22. The van der Waals surface area contributed by atoms with Crippen molar-refractivity contribution >= 4 is 0 Å². The van der Waals surface area contributed by atoms with Gasteiger partial charge in [0.15, 0.2) is 0 Å². The van der Waals surface area contributed by atoms with Gasteiger partial charge in [-0.05, 0) is 36.8 Å².